The molecular weight excluding hydrogens is 574 g/mol. The summed E-state index contributed by atoms with van der Waals surface area (Å²) in [6.45, 7) is 5.25. The number of hydrazine groups is 1. The monoisotopic (exact) mass is 611 g/mol. The summed E-state index contributed by atoms with van der Waals surface area (Å²) in [7, 11) is 1.45. The van der Waals surface area contributed by atoms with Crippen LogP contribution in [-0.2, 0) is 30.4 Å². The van der Waals surface area contributed by atoms with E-state index in [4.69, 9.17) is 14.2 Å². The predicted octanol–water partition coefficient (Wildman–Crippen LogP) is 5.53. The fourth-order valence-corrected chi connectivity index (χ4v) is 5.74. The summed E-state index contributed by atoms with van der Waals surface area (Å²) in [5.41, 5.74) is 5.11. The number of carbonyl (C=O) groups excluding carboxylic acids is 4. The molecule has 3 amide bonds. The molecule has 1 fully saturated rings. The lowest BCUT2D eigenvalue weighted by Gasteiger charge is -2.43. The third-order valence-electron chi connectivity index (χ3n) is 8.22. The van der Waals surface area contributed by atoms with E-state index in [0.717, 1.165) is 37.8 Å². The van der Waals surface area contributed by atoms with Gasteiger partial charge in [-0.15, -0.1) is 0 Å². The van der Waals surface area contributed by atoms with Gasteiger partial charge in [-0.3, -0.25) is 9.69 Å². The second-order valence-electron chi connectivity index (χ2n) is 11.0. The Balaban J connectivity index is 1.30. The predicted molar refractivity (Wildman–Crippen MR) is 167 cm³/mol. The van der Waals surface area contributed by atoms with E-state index < -0.39 is 36.1 Å². The van der Waals surface area contributed by atoms with Gasteiger partial charge in [0, 0.05) is 19.5 Å². The molecule has 10 nitrogen and oxygen atoms in total. The van der Waals surface area contributed by atoms with Crippen LogP contribution in [0.25, 0.3) is 11.1 Å². The Morgan fingerprint density at radius 1 is 0.911 bits per heavy atom. The zero-order valence-electron chi connectivity index (χ0n) is 25.5. The number of ether oxygens (including phenoxy) is 3. The van der Waals surface area contributed by atoms with Crippen molar-refractivity contribution in [2.45, 2.75) is 44.4 Å². The number of likely N-dealkylation sites (N-methyl/N-ethyl adjacent to an activating group) is 1. The minimum Gasteiger partial charge on any atom is -0.460 e. The fraction of sp³-hybridized carbons (Fsp3) is 0.314. The van der Waals surface area contributed by atoms with Gasteiger partial charge < -0.3 is 14.2 Å². The lowest BCUT2D eigenvalue weighted by molar-refractivity contribution is -0.176. The van der Waals surface area contributed by atoms with E-state index in [1.54, 1.807) is 0 Å². The Kier molecular flexibility index (Phi) is 9.82. The first kappa shape index (κ1) is 31.3. The molecule has 0 N–H and O–H groups in total. The summed E-state index contributed by atoms with van der Waals surface area (Å²) in [5, 5.41) is 2.19. The summed E-state index contributed by atoms with van der Waals surface area (Å²) in [6.07, 6.45) is 0.634. The third kappa shape index (κ3) is 6.69. The lowest BCUT2D eigenvalue weighted by atomic mass is 9.98. The van der Waals surface area contributed by atoms with Crippen LogP contribution in [0.15, 0.2) is 91.5 Å². The van der Waals surface area contributed by atoms with Crippen molar-refractivity contribution < 1.29 is 33.4 Å². The average Bonchev–Trinajstić information content (AvgIpc) is 3.41. The van der Waals surface area contributed by atoms with Crippen molar-refractivity contribution in [3.8, 4) is 11.1 Å². The molecule has 0 aromatic heterocycles. The molecule has 3 aromatic rings. The van der Waals surface area contributed by atoms with E-state index in [9.17, 15) is 19.2 Å². The molecule has 10 heteroatoms. The highest BCUT2D eigenvalue weighted by molar-refractivity contribution is 5.91. The van der Waals surface area contributed by atoms with Crippen molar-refractivity contribution in [1.82, 2.24) is 14.9 Å². The SMILES string of the molecule is C=CCOC(=O)[C@H]1CCCN(C(=O)OCc2ccccc2)N1C(=O)[C@H](C)N(C)C(=O)OCC1c2ccccc2-c2ccccc21. The summed E-state index contributed by atoms with van der Waals surface area (Å²) in [6, 6.07) is 23.0. The van der Waals surface area contributed by atoms with Crippen LogP contribution in [0.3, 0.4) is 0 Å². The maximum absolute atomic E-state index is 14.0. The lowest BCUT2D eigenvalue weighted by Crippen LogP contribution is -2.64. The third-order valence-corrected chi connectivity index (χ3v) is 8.22. The van der Waals surface area contributed by atoms with E-state index >= 15 is 0 Å². The topological polar surface area (TPSA) is 106 Å². The zero-order chi connectivity index (χ0) is 31.9. The Hall–Kier alpha value is -5.12. The van der Waals surface area contributed by atoms with Gasteiger partial charge in [-0.25, -0.2) is 24.4 Å². The molecule has 234 valence electrons. The molecule has 5 rings (SSSR count). The van der Waals surface area contributed by atoms with Gasteiger partial charge >= 0.3 is 18.2 Å². The number of benzene rings is 3. The standard InChI is InChI=1S/C35H37N3O7/c1-4-21-43-33(40)31-19-12-20-37(35(42)44-22-25-13-6-5-7-14-25)38(31)32(39)24(2)36(3)34(41)45-23-30-28-17-10-8-15-26(28)27-16-9-11-18-29(27)30/h4-11,13-18,24,30-31H,1,12,19-23H2,2-3H3/t24-,31+/m0/s1. The quantitative estimate of drug-likeness (QED) is 0.178. The largest absolute Gasteiger partial charge is 0.460 e. The van der Waals surface area contributed by atoms with Crippen LogP contribution in [-0.4, -0.2) is 77.9 Å². The van der Waals surface area contributed by atoms with Crippen molar-refractivity contribution >= 4 is 24.1 Å². The molecule has 0 spiro atoms. The number of amides is 3. The normalized spacial score (nSPS) is 16.2. The van der Waals surface area contributed by atoms with Gasteiger partial charge in [-0.2, -0.15) is 0 Å². The fourth-order valence-electron chi connectivity index (χ4n) is 5.74. The molecule has 1 heterocycles. The van der Waals surface area contributed by atoms with Crippen LogP contribution in [0.1, 0.15) is 42.4 Å². The number of carbonyl (C=O) groups is 4. The molecule has 45 heavy (non-hydrogen) atoms. The molecule has 0 unspecified atom stereocenters. The maximum Gasteiger partial charge on any atom is 0.429 e. The van der Waals surface area contributed by atoms with Crippen LogP contribution in [0.4, 0.5) is 9.59 Å². The van der Waals surface area contributed by atoms with Gasteiger partial charge in [0.1, 0.15) is 25.9 Å². The Bertz CT molecular complexity index is 1510. The molecule has 1 saturated heterocycles. The van der Waals surface area contributed by atoms with Crippen molar-refractivity contribution in [2.75, 3.05) is 26.8 Å². The Morgan fingerprint density at radius 3 is 2.18 bits per heavy atom. The molecular formula is C35H37N3O7. The summed E-state index contributed by atoms with van der Waals surface area (Å²) >= 11 is 0. The first-order chi connectivity index (χ1) is 21.8. The molecule has 0 saturated carbocycles. The first-order valence-electron chi connectivity index (χ1n) is 15.0. The van der Waals surface area contributed by atoms with Crippen LogP contribution >= 0.6 is 0 Å². The van der Waals surface area contributed by atoms with E-state index in [2.05, 4.69) is 18.7 Å². The molecule has 3 aromatic carbocycles. The van der Waals surface area contributed by atoms with Gasteiger partial charge in [0.15, 0.2) is 6.04 Å². The van der Waals surface area contributed by atoms with E-state index in [0.29, 0.717) is 6.42 Å². The highest BCUT2D eigenvalue weighted by atomic mass is 16.6. The van der Waals surface area contributed by atoms with E-state index in [-0.39, 0.29) is 38.7 Å². The smallest absolute Gasteiger partial charge is 0.429 e. The molecule has 1 aliphatic heterocycles. The number of hydrogen-bond acceptors (Lipinski definition) is 7. The Morgan fingerprint density at radius 2 is 1.53 bits per heavy atom. The van der Waals surface area contributed by atoms with Crippen molar-refractivity contribution in [3.63, 3.8) is 0 Å². The van der Waals surface area contributed by atoms with Crippen LogP contribution in [0, 0.1) is 0 Å². The molecule has 2 aliphatic rings. The van der Waals surface area contributed by atoms with Gasteiger partial charge in [0.05, 0.1) is 0 Å². The first-order valence-corrected chi connectivity index (χ1v) is 15.0. The van der Waals surface area contributed by atoms with Crippen molar-refractivity contribution in [3.05, 3.63) is 108 Å². The molecule has 0 radical (unpaired) electrons. The zero-order valence-corrected chi connectivity index (χ0v) is 25.5. The number of nitrogens with zero attached hydrogens (tertiary/aromatic N) is 3. The van der Waals surface area contributed by atoms with Gasteiger partial charge in [0.2, 0.25) is 0 Å². The van der Waals surface area contributed by atoms with Gasteiger partial charge in [-0.05, 0) is 47.6 Å². The van der Waals surface area contributed by atoms with Crippen LogP contribution < -0.4 is 0 Å². The highest BCUT2D eigenvalue weighted by Crippen LogP contribution is 2.44. The van der Waals surface area contributed by atoms with Gasteiger partial charge in [-0.1, -0.05) is 91.5 Å². The van der Waals surface area contributed by atoms with E-state index in [1.165, 1.54) is 24.9 Å². The van der Waals surface area contributed by atoms with Crippen molar-refractivity contribution in [1.29, 1.82) is 0 Å². The molecule has 2 atom stereocenters. The van der Waals surface area contributed by atoms with E-state index in [1.807, 2.05) is 66.7 Å². The van der Waals surface area contributed by atoms with Crippen LogP contribution in [0.5, 0.6) is 0 Å². The average molecular weight is 612 g/mol. The minimum absolute atomic E-state index is 0.0149. The number of esters is 1. The number of fused-ring (bicyclic) bond motifs is 3. The highest BCUT2D eigenvalue weighted by Gasteiger charge is 2.44. The second kappa shape index (κ2) is 14.1. The summed E-state index contributed by atoms with van der Waals surface area (Å²) in [5.74, 6) is -1.48. The van der Waals surface area contributed by atoms with Gasteiger partial charge in [0.25, 0.3) is 5.91 Å². The maximum atomic E-state index is 14.0. The summed E-state index contributed by atoms with van der Waals surface area (Å²) < 4.78 is 16.5. The molecule has 0 bridgehead atoms. The van der Waals surface area contributed by atoms with Crippen molar-refractivity contribution in [2.24, 2.45) is 0 Å². The summed E-state index contributed by atoms with van der Waals surface area (Å²) in [4.78, 5) is 54.8. The number of rotatable bonds is 9. The minimum atomic E-state index is -1.09. The van der Waals surface area contributed by atoms with Crippen LogP contribution in [0.2, 0.25) is 0 Å². The second-order valence-corrected chi connectivity index (χ2v) is 11.0. The molecule has 1 aliphatic carbocycles. The number of hydrogen-bond donors (Lipinski definition) is 0. The Labute approximate surface area is 262 Å².